The molecular formula is C19H22N4O2. The number of hydrogen-bond acceptors (Lipinski definition) is 3. The van der Waals surface area contributed by atoms with Crippen molar-refractivity contribution in [3.63, 3.8) is 0 Å². The molecule has 2 aromatic heterocycles. The predicted octanol–water partition coefficient (Wildman–Crippen LogP) is 2.34. The Morgan fingerprint density at radius 3 is 2.44 bits per heavy atom. The molecule has 2 amide bonds. The molecule has 0 aliphatic carbocycles. The topological polar surface area (TPSA) is 58.4 Å². The molecule has 0 spiro atoms. The first kappa shape index (κ1) is 15.9. The summed E-state index contributed by atoms with van der Waals surface area (Å²) in [5, 5.41) is 0. The Balaban J connectivity index is 1.56. The zero-order valence-corrected chi connectivity index (χ0v) is 14.4. The van der Waals surface area contributed by atoms with Crippen molar-refractivity contribution in [3.05, 3.63) is 53.6 Å². The molecular weight excluding hydrogens is 316 g/mol. The van der Waals surface area contributed by atoms with Crippen molar-refractivity contribution >= 4 is 11.8 Å². The molecule has 25 heavy (non-hydrogen) atoms. The molecule has 0 radical (unpaired) electrons. The van der Waals surface area contributed by atoms with Gasteiger partial charge in [0.05, 0.1) is 6.04 Å². The van der Waals surface area contributed by atoms with Crippen LogP contribution in [-0.2, 0) is 6.54 Å². The van der Waals surface area contributed by atoms with E-state index < -0.39 is 0 Å². The highest BCUT2D eigenvalue weighted by atomic mass is 16.2. The van der Waals surface area contributed by atoms with Crippen molar-refractivity contribution in [2.45, 2.75) is 32.4 Å². The second-order valence-corrected chi connectivity index (χ2v) is 6.71. The van der Waals surface area contributed by atoms with Gasteiger partial charge in [0.25, 0.3) is 11.8 Å². The molecule has 0 bridgehead atoms. The third-order valence-electron chi connectivity index (χ3n) is 5.18. The lowest BCUT2D eigenvalue weighted by atomic mass is 10.1. The lowest BCUT2D eigenvalue weighted by molar-refractivity contribution is 0.0637. The van der Waals surface area contributed by atoms with Gasteiger partial charge in [-0.05, 0) is 44.0 Å². The normalized spacial score (nSPS) is 19.8. The highest BCUT2D eigenvalue weighted by molar-refractivity contribution is 5.96. The number of aromatic nitrogens is 2. The van der Waals surface area contributed by atoms with Gasteiger partial charge < -0.3 is 14.4 Å². The van der Waals surface area contributed by atoms with Crippen LogP contribution in [-0.4, -0.2) is 50.8 Å². The molecule has 0 unspecified atom stereocenters. The van der Waals surface area contributed by atoms with Crippen LogP contribution in [0.25, 0.3) is 0 Å². The first-order valence-corrected chi connectivity index (χ1v) is 8.87. The summed E-state index contributed by atoms with van der Waals surface area (Å²) in [6.45, 7) is 5.01. The molecule has 1 atom stereocenters. The monoisotopic (exact) mass is 338 g/mol. The van der Waals surface area contributed by atoms with E-state index in [1.807, 2.05) is 35.1 Å². The van der Waals surface area contributed by atoms with Crippen LogP contribution in [0, 0.1) is 0 Å². The number of hydrogen-bond donors (Lipinski definition) is 0. The first-order valence-electron chi connectivity index (χ1n) is 8.87. The van der Waals surface area contributed by atoms with Crippen LogP contribution in [0.4, 0.5) is 0 Å². The fourth-order valence-electron chi connectivity index (χ4n) is 3.76. The quantitative estimate of drug-likeness (QED) is 0.844. The Hall–Kier alpha value is -2.63. The van der Waals surface area contributed by atoms with Gasteiger partial charge in [-0.25, -0.2) is 4.98 Å². The molecule has 1 fully saturated rings. The SMILES string of the molecule is C[C@@H]1c2cccn2CCN1C(=O)c1cccc(C(=O)N2CCCC2)n1. The average Bonchev–Trinajstić information content (AvgIpc) is 3.33. The van der Waals surface area contributed by atoms with E-state index in [1.54, 1.807) is 18.2 Å². The molecule has 0 saturated carbocycles. The fraction of sp³-hybridized carbons (Fsp3) is 0.421. The van der Waals surface area contributed by atoms with Gasteiger partial charge in [0.2, 0.25) is 0 Å². The summed E-state index contributed by atoms with van der Waals surface area (Å²) in [6, 6.07) is 9.20. The van der Waals surface area contributed by atoms with Crippen molar-refractivity contribution in [1.82, 2.24) is 19.4 Å². The van der Waals surface area contributed by atoms with E-state index in [-0.39, 0.29) is 17.9 Å². The van der Waals surface area contributed by atoms with Crippen molar-refractivity contribution in [2.75, 3.05) is 19.6 Å². The minimum Gasteiger partial charge on any atom is -0.348 e. The van der Waals surface area contributed by atoms with Crippen LogP contribution in [0.5, 0.6) is 0 Å². The summed E-state index contributed by atoms with van der Waals surface area (Å²) >= 11 is 0. The molecule has 4 heterocycles. The van der Waals surface area contributed by atoms with Crippen LogP contribution >= 0.6 is 0 Å². The molecule has 0 N–H and O–H groups in total. The van der Waals surface area contributed by atoms with Gasteiger partial charge in [0, 0.05) is 38.1 Å². The van der Waals surface area contributed by atoms with Crippen LogP contribution in [0.2, 0.25) is 0 Å². The second-order valence-electron chi connectivity index (χ2n) is 6.71. The zero-order chi connectivity index (χ0) is 17.4. The average molecular weight is 338 g/mol. The number of nitrogens with zero attached hydrogens (tertiary/aromatic N) is 4. The van der Waals surface area contributed by atoms with E-state index in [0.717, 1.165) is 38.2 Å². The van der Waals surface area contributed by atoms with Crippen LogP contribution in [0.15, 0.2) is 36.5 Å². The molecule has 2 aliphatic rings. The van der Waals surface area contributed by atoms with E-state index >= 15 is 0 Å². The first-order chi connectivity index (χ1) is 12.1. The summed E-state index contributed by atoms with van der Waals surface area (Å²) in [4.78, 5) is 33.5. The van der Waals surface area contributed by atoms with E-state index in [9.17, 15) is 9.59 Å². The highest BCUT2D eigenvalue weighted by Crippen LogP contribution is 2.26. The van der Waals surface area contributed by atoms with Gasteiger partial charge in [-0.3, -0.25) is 9.59 Å². The molecule has 1 saturated heterocycles. The second kappa shape index (κ2) is 6.35. The van der Waals surface area contributed by atoms with Gasteiger partial charge in [0.15, 0.2) is 0 Å². The van der Waals surface area contributed by atoms with Crippen molar-refractivity contribution in [2.24, 2.45) is 0 Å². The third-order valence-corrected chi connectivity index (χ3v) is 5.18. The van der Waals surface area contributed by atoms with E-state index in [1.165, 1.54) is 0 Å². The van der Waals surface area contributed by atoms with Gasteiger partial charge in [-0.2, -0.15) is 0 Å². The largest absolute Gasteiger partial charge is 0.348 e. The molecule has 0 aromatic carbocycles. The smallest absolute Gasteiger partial charge is 0.273 e. The van der Waals surface area contributed by atoms with E-state index in [0.29, 0.717) is 17.9 Å². The van der Waals surface area contributed by atoms with Crippen LogP contribution < -0.4 is 0 Å². The zero-order valence-electron chi connectivity index (χ0n) is 14.4. The fourth-order valence-corrected chi connectivity index (χ4v) is 3.76. The number of pyridine rings is 1. The minimum atomic E-state index is -0.115. The van der Waals surface area contributed by atoms with Gasteiger partial charge in [-0.15, -0.1) is 0 Å². The van der Waals surface area contributed by atoms with E-state index in [2.05, 4.69) is 9.55 Å². The summed E-state index contributed by atoms with van der Waals surface area (Å²) in [5.41, 5.74) is 1.83. The summed E-state index contributed by atoms with van der Waals surface area (Å²) < 4.78 is 2.18. The van der Waals surface area contributed by atoms with Gasteiger partial charge >= 0.3 is 0 Å². The minimum absolute atomic E-state index is 0.00371. The number of rotatable bonds is 2. The maximum Gasteiger partial charge on any atom is 0.273 e. The summed E-state index contributed by atoms with van der Waals surface area (Å²) in [6.07, 6.45) is 4.12. The predicted molar refractivity (Wildman–Crippen MR) is 93.3 cm³/mol. The number of carbonyl (C=O) groups excluding carboxylic acids is 2. The summed E-state index contributed by atoms with van der Waals surface area (Å²) in [7, 11) is 0. The van der Waals surface area contributed by atoms with Gasteiger partial charge in [-0.1, -0.05) is 6.07 Å². The number of carbonyl (C=O) groups is 2. The van der Waals surface area contributed by atoms with Crippen LogP contribution in [0.3, 0.4) is 0 Å². The number of fused-ring (bicyclic) bond motifs is 1. The Morgan fingerprint density at radius 1 is 0.960 bits per heavy atom. The number of amides is 2. The highest BCUT2D eigenvalue weighted by Gasteiger charge is 2.29. The lowest BCUT2D eigenvalue weighted by Gasteiger charge is -2.34. The number of likely N-dealkylation sites (tertiary alicyclic amines) is 1. The molecule has 130 valence electrons. The van der Waals surface area contributed by atoms with Gasteiger partial charge in [0.1, 0.15) is 11.4 Å². The Bertz CT molecular complexity index is 807. The molecule has 6 nitrogen and oxygen atoms in total. The third kappa shape index (κ3) is 2.81. The maximum atomic E-state index is 13.0. The van der Waals surface area contributed by atoms with E-state index in [4.69, 9.17) is 0 Å². The molecule has 2 aliphatic heterocycles. The van der Waals surface area contributed by atoms with Crippen LogP contribution in [0.1, 0.15) is 52.5 Å². The Labute approximate surface area is 147 Å². The Kier molecular flexibility index (Phi) is 4.03. The Morgan fingerprint density at radius 2 is 1.68 bits per heavy atom. The van der Waals surface area contributed by atoms with Crippen molar-refractivity contribution in [1.29, 1.82) is 0 Å². The van der Waals surface area contributed by atoms with Crippen molar-refractivity contribution < 1.29 is 9.59 Å². The molecule has 4 rings (SSSR count). The van der Waals surface area contributed by atoms with Crippen molar-refractivity contribution in [3.8, 4) is 0 Å². The maximum absolute atomic E-state index is 13.0. The summed E-state index contributed by atoms with van der Waals surface area (Å²) in [5.74, 6) is -0.191. The molecule has 6 heteroatoms. The molecule has 2 aromatic rings. The lowest BCUT2D eigenvalue weighted by Crippen LogP contribution is -2.41. The standard InChI is InChI=1S/C19H22N4O2/c1-14-17-8-5-11-21(17)12-13-23(14)19(25)16-7-4-6-15(20-16)18(24)22-9-2-3-10-22/h4-8,11,14H,2-3,9-10,12-13H2,1H3/t14-/m1/s1.